The van der Waals surface area contributed by atoms with Gasteiger partial charge in [-0.3, -0.25) is 5.10 Å². The van der Waals surface area contributed by atoms with Gasteiger partial charge in [-0.05, 0) is 23.1 Å². The van der Waals surface area contributed by atoms with Crippen molar-refractivity contribution in [2.45, 2.75) is 5.92 Å². The van der Waals surface area contributed by atoms with E-state index in [1.54, 1.807) is 11.3 Å². The molecule has 2 aromatic heterocycles. The Morgan fingerprint density at radius 2 is 2.11 bits per heavy atom. The molecule has 2 N–H and O–H groups in total. The van der Waals surface area contributed by atoms with E-state index in [0.29, 0.717) is 0 Å². The van der Waals surface area contributed by atoms with Crippen molar-refractivity contribution < 1.29 is 0 Å². The van der Waals surface area contributed by atoms with Crippen LogP contribution in [0.15, 0.2) is 41.8 Å². The molecule has 3 aromatic rings. The summed E-state index contributed by atoms with van der Waals surface area (Å²) >= 11 is 1.66. The molecule has 0 radical (unpaired) electrons. The number of benzene rings is 1. The van der Waals surface area contributed by atoms with E-state index in [9.17, 15) is 0 Å². The van der Waals surface area contributed by atoms with Gasteiger partial charge in [0.15, 0.2) is 5.82 Å². The Morgan fingerprint density at radius 3 is 3.00 bits per heavy atom. The van der Waals surface area contributed by atoms with Crippen molar-refractivity contribution in [3.8, 4) is 10.7 Å². The Morgan fingerprint density at radius 1 is 1.16 bits per heavy atom. The van der Waals surface area contributed by atoms with Crippen LogP contribution >= 0.6 is 11.3 Å². The first kappa shape index (κ1) is 10.8. The molecule has 0 saturated carbocycles. The quantitative estimate of drug-likeness (QED) is 0.751. The average Bonchev–Trinajstić information content (AvgIpc) is 3.18. The summed E-state index contributed by atoms with van der Waals surface area (Å²) in [5.41, 5.74) is 2.48. The summed E-state index contributed by atoms with van der Waals surface area (Å²) in [5, 5.41) is 12.9. The van der Waals surface area contributed by atoms with Gasteiger partial charge in [-0.25, -0.2) is 4.98 Å². The van der Waals surface area contributed by atoms with Crippen molar-refractivity contribution in [1.82, 2.24) is 15.2 Å². The molecule has 1 aliphatic heterocycles. The van der Waals surface area contributed by atoms with Crippen LogP contribution in [0, 0.1) is 0 Å². The van der Waals surface area contributed by atoms with Crippen LogP contribution in [0.2, 0.25) is 0 Å². The molecular formula is C14H12N4S. The summed E-state index contributed by atoms with van der Waals surface area (Å²) in [6, 6.07) is 12.4. The van der Waals surface area contributed by atoms with Gasteiger partial charge in [0.25, 0.3) is 0 Å². The molecule has 0 fully saturated rings. The zero-order valence-electron chi connectivity index (χ0n) is 10.1. The van der Waals surface area contributed by atoms with E-state index in [2.05, 4.69) is 38.7 Å². The number of aromatic nitrogens is 3. The maximum absolute atomic E-state index is 4.64. The molecule has 0 aliphatic carbocycles. The topological polar surface area (TPSA) is 53.6 Å². The Balaban J connectivity index is 1.71. The molecule has 1 atom stereocenters. The number of hydrogen-bond acceptors (Lipinski definition) is 4. The van der Waals surface area contributed by atoms with Crippen LogP contribution in [-0.2, 0) is 0 Å². The van der Waals surface area contributed by atoms with Crippen molar-refractivity contribution in [1.29, 1.82) is 0 Å². The van der Waals surface area contributed by atoms with Crippen LogP contribution in [0.5, 0.6) is 0 Å². The SMILES string of the molecule is c1csc(-c2n[nH]c(C3CNc4ccccc43)n2)c1. The van der Waals surface area contributed by atoms with Crippen LogP contribution in [0.4, 0.5) is 5.69 Å². The summed E-state index contributed by atoms with van der Waals surface area (Å²) in [5.74, 6) is 1.98. The molecule has 4 rings (SSSR count). The lowest BCUT2D eigenvalue weighted by Gasteiger charge is -2.04. The minimum Gasteiger partial charge on any atom is -0.384 e. The van der Waals surface area contributed by atoms with Crippen molar-refractivity contribution in [3.05, 3.63) is 53.2 Å². The smallest absolute Gasteiger partial charge is 0.191 e. The predicted octanol–water partition coefficient (Wildman–Crippen LogP) is 3.09. The fourth-order valence-electron chi connectivity index (χ4n) is 2.47. The number of rotatable bonds is 2. The first-order valence-electron chi connectivity index (χ1n) is 6.21. The number of nitrogens with one attached hydrogen (secondary N) is 2. The van der Waals surface area contributed by atoms with Gasteiger partial charge in [0.05, 0.1) is 10.8 Å². The lowest BCUT2D eigenvalue weighted by molar-refractivity contribution is 0.815. The lowest BCUT2D eigenvalue weighted by Crippen LogP contribution is -2.05. The van der Waals surface area contributed by atoms with Gasteiger partial charge < -0.3 is 5.32 Å². The van der Waals surface area contributed by atoms with E-state index in [-0.39, 0.29) is 5.92 Å². The maximum atomic E-state index is 4.64. The number of anilines is 1. The molecular weight excluding hydrogens is 256 g/mol. The second kappa shape index (κ2) is 4.20. The highest BCUT2D eigenvalue weighted by molar-refractivity contribution is 7.13. The van der Waals surface area contributed by atoms with E-state index >= 15 is 0 Å². The van der Waals surface area contributed by atoms with E-state index in [1.807, 2.05) is 23.6 Å². The van der Waals surface area contributed by atoms with Crippen molar-refractivity contribution in [2.75, 3.05) is 11.9 Å². The molecule has 19 heavy (non-hydrogen) atoms. The molecule has 0 saturated heterocycles. The van der Waals surface area contributed by atoms with Gasteiger partial charge in [-0.15, -0.1) is 11.3 Å². The second-order valence-corrected chi connectivity index (χ2v) is 5.49. The van der Waals surface area contributed by atoms with Gasteiger partial charge in [-0.2, -0.15) is 5.10 Å². The summed E-state index contributed by atoms with van der Waals surface area (Å²) in [7, 11) is 0. The third kappa shape index (κ3) is 1.74. The summed E-state index contributed by atoms with van der Waals surface area (Å²) in [6.07, 6.45) is 0. The van der Waals surface area contributed by atoms with E-state index in [1.165, 1.54) is 11.3 Å². The number of fused-ring (bicyclic) bond motifs is 1. The molecule has 4 nitrogen and oxygen atoms in total. The fraction of sp³-hybridized carbons (Fsp3) is 0.143. The highest BCUT2D eigenvalue weighted by atomic mass is 32.1. The number of thiophene rings is 1. The molecule has 1 aromatic carbocycles. The molecule has 0 amide bonds. The van der Waals surface area contributed by atoms with E-state index < -0.39 is 0 Å². The van der Waals surface area contributed by atoms with E-state index in [0.717, 1.165) is 23.1 Å². The average molecular weight is 268 g/mol. The van der Waals surface area contributed by atoms with Crippen molar-refractivity contribution >= 4 is 17.0 Å². The Bertz CT molecular complexity index is 702. The molecule has 5 heteroatoms. The maximum Gasteiger partial charge on any atom is 0.191 e. The molecule has 94 valence electrons. The standard InChI is InChI=1S/C14H12N4S/c1-2-5-11-9(4-1)10(8-15-11)13-16-14(18-17-13)12-6-3-7-19-12/h1-7,10,15H,8H2,(H,16,17,18). The lowest BCUT2D eigenvalue weighted by atomic mass is 10.0. The van der Waals surface area contributed by atoms with Crippen LogP contribution in [0.25, 0.3) is 10.7 Å². The van der Waals surface area contributed by atoms with Crippen LogP contribution in [-0.4, -0.2) is 21.7 Å². The zero-order chi connectivity index (χ0) is 12.7. The Labute approximate surface area is 114 Å². The van der Waals surface area contributed by atoms with Crippen molar-refractivity contribution in [3.63, 3.8) is 0 Å². The minimum absolute atomic E-state index is 0.261. The van der Waals surface area contributed by atoms with Gasteiger partial charge in [0, 0.05) is 12.2 Å². The van der Waals surface area contributed by atoms with Gasteiger partial charge in [-0.1, -0.05) is 24.3 Å². The fourth-order valence-corrected chi connectivity index (χ4v) is 3.13. The third-order valence-corrected chi connectivity index (χ3v) is 4.27. The highest BCUT2D eigenvalue weighted by Gasteiger charge is 2.26. The number of aromatic amines is 1. The molecule has 0 spiro atoms. The van der Waals surface area contributed by atoms with Crippen LogP contribution in [0.3, 0.4) is 0 Å². The number of hydrogen-bond donors (Lipinski definition) is 2. The minimum atomic E-state index is 0.261. The largest absolute Gasteiger partial charge is 0.384 e. The predicted molar refractivity (Wildman–Crippen MR) is 76.5 cm³/mol. The van der Waals surface area contributed by atoms with Crippen LogP contribution < -0.4 is 5.32 Å². The second-order valence-electron chi connectivity index (χ2n) is 4.54. The third-order valence-electron chi connectivity index (χ3n) is 3.41. The molecule has 3 heterocycles. The zero-order valence-corrected chi connectivity index (χ0v) is 10.9. The van der Waals surface area contributed by atoms with Crippen molar-refractivity contribution in [2.24, 2.45) is 0 Å². The number of H-pyrrole nitrogens is 1. The number of para-hydroxylation sites is 1. The van der Waals surface area contributed by atoms with Gasteiger partial charge in [0.1, 0.15) is 5.82 Å². The molecule has 1 aliphatic rings. The normalized spacial score (nSPS) is 17.2. The highest BCUT2D eigenvalue weighted by Crippen LogP contribution is 2.34. The first-order chi connectivity index (χ1) is 9.42. The van der Waals surface area contributed by atoms with E-state index in [4.69, 9.17) is 0 Å². The monoisotopic (exact) mass is 268 g/mol. The van der Waals surface area contributed by atoms with Gasteiger partial charge in [0.2, 0.25) is 0 Å². The molecule has 1 unspecified atom stereocenters. The number of nitrogens with zero attached hydrogens (tertiary/aromatic N) is 2. The Kier molecular flexibility index (Phi) is 2.38. The van der Waals surface area contributed by atoms with Gasteiger partial charge >= 0.3 is 0 Å². The summed E-state index contributed by atoms with van der Waals surface area (Å²) < 4.78 is 0. The first-order valence-corrected chi connectivity index (χ1v) is 7.09. The Hall–Kier alpha value is -2.14. The summed E-state index contributed by atoms with van der Waals surface area (Å²) in [6.45, 7) is 0.873. The van der Waals surface area contributed by atoms with Crippen LogP contribution in [0.1, 0.15) is 17.3 Å². The summed E-state index contributed by atoms with van der Waals surface area (Å²) in [4.78, 5) is 5.74. The molecule has 0 bridgehead atoms.